The SMILES string of the molecule is C.C.CCCC(C)c1cccc2ccccc12.CCCC(C)c1ccccc1. The van der Waals surface area contributed by atoms with E-state index in [1.807, 2.05) is 0 Å². The summed E-state index contributed by atoms with van der Waals surface area (Å²) in [6, 6.07) is 26.0. The number of benzene rings is 3. The summed E-state index contributed by atoms with van der Waals surface area (Å²) in [5, 5.41) is 2.78. The Morgan fingerprint density at radius 3 is 1.79 bits per heavy atom. The minimum absolute atomic E-state index is 0. The zero-order valence-electron chi connectivity index (χ0n) is 16.9. The molecule has 0 heterocycles. The third-order valence-corrected chi connectivity index (χ3v) is 5.17. The number of hydrogen-bond acceptors (Lipinski definition) is 0. The molecule has 28 heavy (non-hydrogen) atoms. The first-order valence-corrected chi connectivity index (χ1v) is 10.2. The van der Waals surface area contributed by atoms with E-state index >= 15 is 0 Å². The van der Waals surface area contributed by atoms with E-state index in [4.69, 9.17) is 0 Å². The Morgan fingerprint density at radius 2 is 1.14 bits per heavy atom. The van der Waals surface area contributed by atoms with Crippen LogP contribution in [-0.4, -0.2) is 0 Å². The fourth-order valence-corrected chi connectivity index (χ4v) is 3.65. The Labute approximate surface area is 175 Å². The molecule has 0 aliphatic heterocycles. The molecule has 0 radical (unpaired) electrons. The molecule has 3 aromatic carbocycles. The highest BCUT2D eigenvalue weighted by molar-refractivity contribution is 5.86. The summed E-state index contributed by atoms with van der Waals surface area (Å²) in [7, 11) is 0. The van der Waals surface area contributed by atoms with Gasteiger partial charge < -0.3 is 0 Å². The molecule has 0 aromatic heterocycles. The lowest BCUT2D eigenvalue weighted by molar-refractivity contribution is 0.665. The average molecular weight is 379 g/mol. The Kier molecular flexibility index (Phi) is 13.0. The maximum Gasteiger partial charge on any atom is -0.0149 e. The van der Waals surface area contributed by atoms with Gasteiger partial charge in [0.25, 0.3) is 0 Å². The normalized spacial score (nSPS) is 12.0. The summed E-state index contributed by atoms with van der Waals surface area (Å²) in [5.74, 6) is 1.39. The first kappa shape index (κ1) is 25.9. The van der Waals surface area contributed by atoms with Gasteiger partial charge in [-0.3, -0.25) is 0 Å². The van der Waals surface area contributed by atoms with Gasteiger partial charge in [0.1, 0.15) is 0 Å². The van der Waals surface area contributed by atoms with Gasteiger partial charge in [-0.2, -0.15) is 0 Å². The van der Waals surface area contributed by atoms with E-state index in [-0.39, 0.29) is 14.9 Å². The van der Waals surface area contributed by atoms with Crippen LogP contribution in [0.1, 0.15) is 91.2 Å². The standard InChI is InChI=1S/C15H18.C11H16.2CH4/c1-3-7-12(2)14-11-6-9-13-8-4-5-10-15(13)14;1-3-7-10(2)11-8-5-4-6-9-11;;/h4-6,8-12H,3,7H2,1-2H3;4-6,8-10H,3,7H2,1-2H3;2*1H4. The molecular formula is C28H42. The molecule has 2 unspecified atom stereocenters. The highest BCUT2D eigenvalue weighted by Gasteiger charge is 2.07. The lowest BCUT2D eigenvalue weighted by Gasteiger charge is -2.13. The van der Waals surface area contributed by atoms with Crippen molar-refractivity contribution in [2.45, 2.75) is 80.1 Å². The van der Waals surface area contributed by atoms with Crippen molar-refractivity contribution < 1.29 is 0 Å². The second-order valence-electron chi connectivity index (χ2n) is 7.36. The van der Waals surface area contributed by atoms with Crippen molar-refractivity contribution in [2.24, 2.45) is 0 Å². The Morgan fingerprint density at radius 1 is 0.607 bits per heavy atom. The quantitative estimate of drug-likeness (QED) is 0.400. The lowest BCUT2D eigenvalue weighted by atomic mass is 9.92. The third kappa shape index (κ3) is 7.50. The van der Waals surface area contributed by atoms with E-state index in [1.54, 1.807) is 0 Å². The van der Waals surface area contributed by atoms with Crippen LogP contribution in [0.3, 0.4) is 0 Å². The van der Waals surface area contributed by atoms with Crippen LogP contribution >= 0.6 is 0 Å². The van der Waals surface area contributed by atoms with Crippen LogP contribution in [0.15, 0.2) is 72.8 Å². The molecule has 0 aliphatic rings. The van der Waals surface area contributed by atoms with Gasteiger partial charge in [0.2, 0.25) is 0 Å². The molecule has 0 aliphatic carbocycles. The van der Waals surface area contributed by atoms with Gasteiger partial charge >= 0.3 is 0 Å². The summed E-state index contributed by atoms with van der Waals surface area (Å²) in [4.78, 5) is 0. The van der Waals surface area contributed by atoms with Gasteiger partial charge in [0.05, 0.1) is 0 Å². The molecule has 0 bridgehead atoms. The van der Waals surface area contributed by atoms with Crippen LogP contribution in [0.5, 0.6) is 0 Å². The maximum absolute atomic E-state index is 2.32. The summed E-state index contributed by atoms with van der Waals surface area (Å²) in [6.07, 6.45) is 5.10. The van der Waals surface area contributed by atoms with Crippen LogP contribution in [0.25, 0.3) is 10.8 Å². The van der Waals surface area contributed by atoms with E-state index < -0.39 is 0 Å². The van der Waals surface area contributed by atoms with Crippen molar-refractivity contribution in [3.05, 3.63) is 83.9 Å². The third-order valence-electron chi connectivity index (χ3n) is 5.17. The molecule has 154 valence electrons. The highest BCUT2D eigenvalue weighted by Crippen LogP contribution is 2.28. The zero-order valence-corrected chi connectivity index (χ0v) is 16.9. The Balaban J connectivity index is 0.000000507. The number of rotatable bonds is 6. The molecular weight excluding hydrogens is 336 g/mol. The molecule has 3 aromatic rings. The molecule has 0 nitrogen and oxygen atoms in total. The zero-order chi connectivity index (χ0) is 18.8. The predicted molar refractivity (Wildman–Crippen MR) is 130 cm³/mol. The van der Waals surface area contributed by atoms with Crippen molar-refractivity contribution in [3.8, 4) is 0 Å². The number of fused-ring (bicyclic) bond motifs is 1. The van der Waals surface area contributed by atoms with E-state index in [9.17, 15) is 0 Å². The summed E-state index contributed by atoms with van der Waals surface area (Å²) >= 11 is 0. The summed E-state index contributed by atoms with van der Waals surface area (Å²) < 4.78 is 0. The van der Waals surface area contributed by atoms with E-state index in [0.29, 0.717) is 5.92 Å². The van der Waals surface area contributed by atoms with E-state index in [1.165, 1.54) is 47.6 Å². The Bertz CT molecular complexity index is 752. The summed E-state index contributed by atoms with van der Waals surface area (Å²) in [5.41, 5.74) is 2.96. The monoisotopic (exact) mass is 378 g/mol. The van der Waals surface area contributed by atoms with Crippen LogP contribution in [0.4, 0.5) is 0 Å². The van der Waals surface area contributed by atoms with Crippen molar-refractivity contribution in [1.82, 2.24) is 0 Å². The molecule has 3 rings (SSSR count). The smallest absolute Gasteiger partial charge is 0.0149 e. The molecule has 2 atom stereocenters. The average Bonchev–Trinajstić information content (AvgIpc) is 2.69. The van der Waals surface area contributed by atoms with Crippen LogP contribution in [0.2, 0.25) is 0 Å². The predicted octanol–water partition coefficient (Wildman–Crippen LogP) is 9.61. The lowest BCUT2D eigenvalue weighted by Crippen LogP contribution is -1.93. The largest absolute Gasteiger partial charge is 0.0776 e. The molecule has 0 saturated heterocycles. The van der Waals surface area contributed by atoms with Crippen LogP contribution in [-0.2, 0) is 0 Å². The number of hydrogen-bond donors (Lipinski definition) is 0. The van der Waals surface area contributed by atoms with E-state index in [2.05, 4.69) is 100 Å². The van der Waals surface area contributed by atoms with Crippen molar-refractivity contribution in [1.29, 1.82) is 0 Å². The minimum Gasteiger partial charge on any atom is -0.0776 e. The molecule has 0 amide bonds. The maximum atomic E-state index is 2.32. The van der Waals surface area contributed by atoms with Gasteiger partial charge in [0, 0.05) is 0 Å². The van der Waals surface area contributed by atoms with Gasteiger partial charge in [-0.1, -0.05) is 128 Å². The molecule has 0 fully saturated rings. The Hall–Kier alpha value is -2.08. The highest BCUT2D eigenvalue weighted by atomic mass is 14.1. The molecule has 0 spiro atoms. The molecule has 0 heteroatoms. The van der Waals surface area contributed by atoms with Gasteiger partial charge in [-0.15, -0.1) is 0 Å². The minimum atomic E-state index is 0. The first-order chi connectivity index (χ1) is 12.7. The molecule has 0 saturated carbocycles. The van der Waals surface area contributed by atoms with E-state index in [0.717, 1.165) is 5.92 Å². The fourth-order valence-electron chi connectivity index (χ4n) is 3.65. The second kappa shape index (κ2) is 14.0. The van der Waals surface area contributed by atoms with Crippen molar-refractivity contribution in [2.75, 3.05) is 0 Å². The second-order valence-corrected chi connectivity index (χ2v) is 7.36. The van der Waals surface area contributed by atoms with Crippen molar-refractivity contribution in [3.63, 3.8) is 0 Å². The van der Waals surface area contributed by atoms with Gasteiger partial charge in [-0.25, -0.2) is 0 Å². The molecule has 0 N–H and O–H groups in total. The summed E-state index contributed by atoms with van der Waals surface area (Å²) in [6.45, 7) is 9.10. The van der Waals surface area contributed by atoms with Crippen LogP contribution in [0, 0.1) is 0 Å². The topological polar surface area (TPSA) is 0 Å². The van der Waals surface area contributed by atoms with Crippen molar-refractivity contribution >= 4 is 10.8 Å². The van der Waals surface area contributed by atoms with Crippen LogP contribution < -0.4 is 0 Å². The van der Waals surface area contributed by atoms with Gasteiger partial charge in [0.15, 0.2) is 0 Å². The van der Waals surface area contributed by atoms with Gasteiger partial charge in [-0.05, 0) is 46.6 Å². The first-order valence-electron chi connectivity index (χ1n) is 10.2. The fraction of sp³-hybridized carbons (Fsp3) is 0.429.